The fraction of sp³-hybridized carbons (Fsp3) is 0. The Hall–Kier alpha value is -17.3. The first-order valence-corrected chi connectivity index (χ1v) is 44.5. The molecule has 130 heavy (non-hydrogen) atoms. The lowest BCUT2D eigenvalue weighted by Crippen LogP contribution is -1.98. The van der Waals surface area contributed by atoms with Gasteiger partial charge in [-0.25, -0.2) is 19.9 Å². The lowest BCUT2D eigenvalue weighted by atomic mass is 9.87. The van der Waals surface area contributed by atoms with Gasteiger partial charge in [-0.2, -0.15) is 0 Å². The molecule has 22 aromatic carbocycles. The summed E-state index contributed by atoms with van der Waals surface area (Å²) in [6.07, 6.45) is 0. The maximum Gasteiger partial charge on any atom is 0.160 e. The minimum atomic E-state index is 0.654. The van der Waals surface area contributed by atoms with Crippen molar-refractivity contribution in [2.45, 2.75) is 0 Å². The molecule has 0 saturated carbocycles. The number of hydrogen-bond acceptors (Lipinski definition) is 4. The average Bonchev–Trinajstić information content (AvgIpc) is 1.52. The third kappa shape index (κ3) is 12.3. The number of hydrogen-bond donors (Lipinski definition) is 0. The first-order chi connectivity index (χ1) is 64.4. The van der Waals surface area contributed by atoms with Crippen molar-refractivity contribution in [1.82, 2.24) is 29.1 Å². The lowest BCUT2D eigenvalue weighted by Gasteiger charge is -2.17. The molecule has 0 aliphatic rings. The second-order valence-corrected chi connectivity index (χ2v) is 34.2. The van der Waals surface area contributed by atoms with E-state index < -0.39 is 0 Å². The van der Waals surface area contributed by atoms with E-state index in [1.807, 2.05) is 0 Å². The minimum absolute atomic E-state index is 0.654. The third-order valence-electron chi connectivity index (χ3n) is 26.8. The van der Waals surface area contributed by atoms with Gasteiger partial charge < -0.3 is 9.13 Å². The number of fused-ring (bicyclic) bond motifs is 17. The second-order valence-electron chi connectivity index (χ2n) is 34.2. The Kier molecular flexibility index (Phi) is 17.2. The van der Waals surface area contributed by atoms with Crippen molar-refractivity contribution in [3.8, 4) is 135 Å². The van der Waals surface area contributed by atoms with Gasteiger partial charge in [0.2, 0.25) is 0 Å². The maximum absolute atomic E-state index is 5.68. The van der Waals surface area contributed by atoms with Crippen LogP contribution in [0.1, 0.15) is 0 Å². The topological polar surface area (TPSA) is 61.4 Å². The number of nitrogens with zero attached hydrogens (tertiary/aromatic N) is 6. The summed E-state index contributed by atoms with van der Waals surface area (Å²) < 4.78 is 4.88. The molecule has 0 bridgehead atoms. The van der Waals surface area contributed by atoms with Gasteiger partial charge in [-0.15, -0.1) is 0 Å². The molecular formula is C124H76N6. The summed E-state index contributed by atoms with van der Waals surface area (Å²) >= 11 is 0. The summed E-state index contributed by atoms with van der Waals surface area (Å²) in [5.41, 5.74) is 30.0. The third-order valence-corrected chi connectivity index (χ3v) is 26.8. The van der Waals surface area contributed by atoms with Gasteiger partial charge in [0, 0.05) is 65.9 Å². The Labute approximate surface area is 749 Å². The van der Waals surface area contributed by atoms with Crippen LogP contribution >= 0.6 is 0 Å². The monoisotopic (exact) mass is 1650 g/mol. The number of benzene rings is 22. The highest BCUT2D eigenvalue weighted by molar-refractivity contribution is 6.31. The van der Waals surface area contributed by atoms with E-state index in [0.29, 0.717) is 11.6 Å². The van der Waals surface area contributed by atoms with Crippen LogP contribution < -0.4 is 0 Å². The molecule has 602 valence electrons. The summed E-state index contributed by atoms with van der Waals surface area (Å²) in [6, 6.07) is 168. The molecule has 0 aliphatic heterocycles. The van der Waals surface area contributed by atoms with Gasteiger partial charge in [-0.3, -0.25) is 0 Å². The van der Waals surface area contributed by atoms with E-state index in [9.17, 15) is 0 Å². The van der Waals surface area contributed by atoms with E-state index >= 15 is 0 Å². The Bertz CT molecular complexity index is 9090. The Balaban J connectivity index is 0.587. The summed E-state index contributed by atoms with van der Waals surface area (Å²) in [7, 11) is 0. The molecule has 0 radical (unpaired) electrons. The predicted molar refractivity (Wildman–Crippen MR) is 546 cm³/mol. The Morgan fingerprint density at radius 3 is 1.03 bits per heavy atom. The normalized spacial score (nSPS) is 11.8. The molecule has 0 fully saturated rings. The van der Waals surface area contributed by atoms with E-state index in [0.717, 1.165) is 150 Å². The molecule has 0 atom stereocenters. The highest BCUT2D eigenvalue weighted by Crippen LogP contribution is 2.50. The van der Waals surface area contributed by atoms with Crippen molar-refractivity contribution < 1.29 is 0 Å². The van der Waals surface area contributed by atoms with Crippen LogP contribution in [0.25, 0.3) is 265 Å². The Morgan fingerprint density at radius 1 is 0.146 bits per heavy atom. The molecule has 0 saturated heterocycles. The molecule has 6 heteroatoms. The van der Waals surface area contributed by atoms with Crippen LogP contribution in [-0.4, -0.2) is 29.1 Å². The van der Waals surface area contributed by atoms with Gasteiger partial charge in [0.25, 0.3) is 0 Å². The van der Waals surface area contributed by atoms with Crippen LogP contribution in [0, 0.1) is 0 Å². The summed E-state index contributed by atoms with van der Waals surface area (Å²) in [5, 5.41) is 21.1. The molecule has 0 unspecified atom stereocenters. The van der Waals surface area contributed by atoms with E-state index in [4.69, 9.17) is 19.9 Å². The quantitative estimate of drug-likeness (QED) is 0.108. The van der Waals surface area contributed by atoms with Gasteiger partial charge in [0.15, 0.2) is 11.6 Å². The van der Waals surface area contributed by atoms with Crippen molar-refractivity contribution in [2.24, 2.45) is 0 Å². The highest BCUT2D eigenvalue weighted by atomic mass is 15.0. The summed E-state index contributed by atoms with van der Waals surface area (Å²) in [5.74, 6) is 1.32. The molecule has 0 amide bonds. The van der Waals surface area contributed by atoms with Crippen LogP contribution in [0.2, 0.25) is 0 Å². The van der Waals surface area contributed by atoms with E-state index in [-0.39, 0.29) is 0 Å². The second kappa shape index (κ2) is 30.2. The Morgan fingerprint density at radius 2 is 0.500 bits per heavy atom. The van der Waals surface area contributed by atoms with Crippen LogP contribution in [0.3, 0.4) is 0 Å². The SMILES string of the molecule is c1ccc(-c2cc3nc(-c4ccc(-n5c6cc7ccccc7cc6c6c(-c7cccc8c9ccc(-c%10cccc(-c%11cc%12c(-c%13ccc%14ccccc%14c%13)nc(-c%13ccc(-n%14c%15cc%16ccccc%16cc%15c%15c(-c%16ccccc%16)cccc%15%14)cc%13)nc%12cc%11-c%11ccccc%11)c%10)cc9c9ccccc9c78)cccc65)cc4)nc(-c4ccccc4)c3cc2-c2ccccc2)cc1. The van der Waals surface area contributed by atoms with E-state index in [1.165, 1.54) is 103 Å². The smallest absolute Gasteiger partial charge is 0.160 e. The fourth-order valence-electron chi connectivity index (χ4n) is 20.7. The minimum Gasteiger partial charge on any atom is -0.309 e. The van der Waals surface area contributed by atoms with Crippen molar-refractivity contribution in [3.63, 3.8) is 0 Å². The van der Waals surface area contributed by atoms with Crippen molar-refractivity contribution >= 4 is 130 Å². The molecule has 4 heterocycles. The molecule has 26 rings (SSSR count). The number of rotatable bonds is 13. The molecule has 0 N–H and O–H groups in total. The van der Waals surface area contributed by atoms with Crippen molar-refractivity contribution in [1.29, 1.82) is 0 Å². The van der Waals surface area contributed by atoms with Crippen LogP contribution in [0.15, 0.2) is 461 Å². The van der Waals surface area contributed by atoms with Gasteiger partial charge in [-0.05, 0) is 270 Å². The van der Waals surface area contributed by atoms with Gasteiger partial charge in [0.1, 0.15) is 0 Å². The molecule has 6 nitrogen and oxygen atoms in total. The zero-order valence-electron chi connectivity index (χ0n) is 70.6. The average molecular weight is 1650 g/mol. The molecule has 26 aromatic rings. The standard InChI is InChI=1S/C124H76N6/c1-6-29-78(30-7-1)96-48-26-52-114-119(96)110-69-87-40-18-20-42-89(87)71-116(110)129(114)94-61-58-84(59-62-94)124-126-113-76-106(81-35-12-4-13-36-81)104(74-109(113)122(128-124)93-55-54-77-28-16-17-39-85(77)67-93)92-45-24-44-86(66-92)91-60-65-98-100-49-25-50-101(118(100)99-47-23-22-46-97(99)107(98)68-91)102-51-27-53-115-120(102)111-70-88-41-19-21-43-90(88)72-117(111)130(115)95-63-56-83(57-64-95)123-125-112-75-105(80-33-10-3-11-34-80)103(79-31-8-2-9-32-79)73-108(112)121(127-123)82-37-14-5-15-38-82/h1-76H. The van der Waals surface area contributed by atoms with Crippen LogP contribution in [0.5, 0.6) is 0 Å². The maximum atomic E-state index is 5.68. The van der Waals surface area contributed by atoms with Crippen LogP contribution in [-0.2, 0) is 0 Å². The molecule has 0 spiro atoms. The van der Waals surface area contributed by atoms with E-state index in [1.54, 1.807) is 0 Å². The zero-order valence-corrected chi connectivity index (χ0v) is 70.6. The molecule has 0 aliphatic carbocycles. The van der Waals surface area contributed by atoms with Gasteiger partial charge in [0.05, 0.1) is 44.5 Å². The lowest BCUT2D eigenvalue weighted by molar-refractivity contribution is 1.17. The fourth-order valence-corrected chi connectivity index (χ4v) is 20.7. The largest absolute Gasteiger partial charge is 0.309 e. The first kappa shape index (κ1) is 74.1. The molecular weight excluding hydrogens is 1570 g/mol. The molecule has 4 aromatic heterocycles. The van der Waals surface area contributed by atoms with E-state index in [2.05, 4.69) is 470 Å². The predicted octanol–water partition coefficient (Wildman–Crippen LogP) is 33.0. The van der Waals surface area contributed by atoms with Crippen molar-refractivity contribution in [3.05, 3.63) is 461 Å². The summed E-state index contributed by atoms with van der Waals surface area (Å²) in [6.45, 7) is 0. The number of aromatic nitrogens is 6. The van der Waals surface area contributed by atoms with Crippen LogP contribution in [0.4, 0.5) is 0 Å². The zero-order chi connectivity index (χ0) is 85.4. The van der Waals surface area contributed by atoms with Crippen molar-refractivity contribution in [2.75, 3.05) is 0 Å². The van der Waals surface area contributed by atoms with Gasteiger partial charge in [-0.1, -0.05) is 334 Å². The summed E-state index contributed by atoms with van der Waals surface area (Å²) in [4.78, 5) is 22.3. The van der Waals surface area contributed by atoms with Gasteiger partial charge >= 0.3 is 0 Å². The first-order valence-electron chi connectivity index (χ1n) is 44.5. The highest BCUT2D eigenvalue weighted by Gasteiger charge is 2.26.